The molecule has 0 aromatic heterocycles. The van der Waals surface area contributed by atoms with E-state index in [9.17, 15) is 4.79 Å². The second kappa shape index (κ2) is 7.80. The van der Waals surface area contributed by atoms with Crippen molar-refractivity contribution in [1.29, 1.82) is 0 Å². The van der Waals surface area contributed by atoms with E-state index in [1.165, 1.54) is 11.6 Å². The van der Waals surface area contributed by atoms with Gasteiger partial charge >= 0.3 is 5.97 Å². The third-order valence-electron chi connectivity index (χ3n) is 3.01. The zero-order chi connectivity index (χ0) is 15.9. The maximum absolute atomic E-state index is 11.7. The van der Waals surface area contributed by atoms with Gasteiger partial charge in [0.2, 0.25) is 0 Å². The first-order valence-corrected chi connectivity index (χ1v) is 7.65. The summed E-state index contributed by atoms with van der Waals surface area (Å²) in [5, 5.41) is 0. The average Bonchev–Trinajstić information content (AvgIpc) is 2.53. The molecule has 0 bridgehead atoms. The number of carbonyl (C=O) groups excluding carboxylic acids is 1. The molecule has 0 aliphatic rings. The van der Waals surface area contributed by atoms with E-state index in [2.05, 4.69) is 22.5 Å². The van der Waals surface area contributed by atoms with Crippen molar-refractivity contribution < 1.29 is 14.3 Å². The molecule has 0 N–H and O–H groups in total. The zero-order valence-corrected chi connectivity index (χ0v) is 13.9. The lowest BCUT2D eigenvalue weighted by atomic mass is 10.2. The Hall–Kier alpha value is -2.07. The lowest BCUT2D eigenvalue weighted by molar-refractivity contribution is 0.0549. The highest BCUT2D eigenvalue weighted by molar-refractivity contribution is 9.10. The van der Waals surface area contributed by atoms with Gasteiger partial charge in [-0.15, -0.1) is 0 Å². The van der Waals surface area contributed by atoms with Crippen LogP contribution in [0.3, 0.4) is 0 Å². The Labute approximate surface area is 138 Å². The minimum Gasteiger partial charge on any atom is -0.488 e. The van der Waals surface area contributed by atoms with Crippen molar-refractivity contribution in [2.24, 2.45) is 0 Å². The van der Waals surface area contributed by atoms with Gasteiger partial charge in [0, 0.05) is 0 Å². The Morgan fingerprint density at radius 3 is 2.59 bits per heavy atom. The maximum Gasteiger partial charge on any atom is 0.338 e. The summed E-state index contributed by atoms with van der Waals surface area (Å²) in [4.78, 5) is 11.7. The van der Waals surface area contributed by atoms with Crippen LogP contribution >= 0.6 is 15.9 Å². The number of aryl methyl sites for hydroxylation is 1. The van der Waals surface area contributed by atoms with Crippen LogP contribution in [-0.2, 0) is 11.3 Å². The summed E-state index contributed by atoms with van der Waals surface area (Å²) in [5.74, 6) is 0.298. The Morgan fingerprint density at radius 1 is 1.23 bits per heavy atom. The molecule has 0 aliphatic heterocycles. The largest absolute Gasteiger partial charge is 0.488 e. The minimum absolute atomic E-state index is 0.197. The average molecular weight is 361 g/mol. The van der Waals surface area contributed by atoms with Gasteiger partial charge in [-0.1, -0.05) is 42.5 Å². The highest BCUT2D eigenvalue weighted by Crippen LogP contribution is 2.27. The van der Waals surface area contributed by atoms with Gasteiger partial charge in [-0.2, -0.15) is 0 Å². The highest BCUT2D eigenvalue weighted by atomic mass is 79.9. The van der Waals surface area contributed by atoms with Crippen molar-refractivity contribution in [3.05, 3.63) is 76.3 Å². The van der Waals surface area contributed by atoms with Crippen LogP contribution in [0, 0.1) is 6.92 Å². The first-order valence-electron chi connectivity index (χ1n) is 6.86. The highest BCUT2D eigenvalue weighted by Gasteiger charge is 2.10. The van der Waals surface area contributed by atoms with Crippen LogP contribution < -0.4 is 4.74 Å². The van der Waals surface area contributed by atoms with E-state index in [0.29, 0.717) is 22.4 Å². The Kier molecular flexibility index (Phi) is 5.78. The number of hydrogen-bond acceptors (Lipinski definition) is 3. The van der Waals surface area contributed by atoms with Crippen LogP contribution in [-0.4, -0.2) is 12.6 Å². The quantitative estimate of drug-likeness (QED) is 0.554. The third kappa shape index (κ3) is 4.46. The molecule has 2 rings (SSSR count). The van der Waals surface area contributed by atoms with Crippen LogP contribution in [0.2, 0.25) is 0 Å². The van der Waals surface area contributed by atoms with Gasteiger partial charge < -0.3 is 9.47 Å². The standard InChI is InChI=1S/C18H17BrO3/c1-3-10-21-18(20)15-8-9-17(16(19)11-15)22-12-14-6-4-13(2)5-7-14/h3-9,11H,1,10,12H2,2H3. The molecule has 2 aromatic carbocycles. The summed E-state index contributed by atoms with van der Waals surface area (Å²) < 4.78 is 11.5. The van der Waals surface area contributed by atoms with E-state index in [1.54, 1.807) is 18.2 Å². The van der Waals surface area contributed by atoms with Gasteiger partial charge in [0.05, 0.1) is 10.0 Å². The first-order chi connectivity index (χ1) is 10.6. The van der Waals surface area contributed by atoms with Crippen molar-refractivity contribution >= 4 is 21.9 Å². The fourth-order valence-electron chi connectivity index (χ4n) is 1.81. The molecule has 0 radical (unpaired) electrons. The van der Waals surface area contributed by atoms with Gasteiger partial charge in [-0.05, 0) is 46.6 Å². The molecule has 4 heteroatoms. The minimum atomic E-state index is -0.384. The van der Waals surface area contributed by atoms with E-state index in [1.807, 2.05) is 31.2 Å². The van der Waals surface area contributed by atoms with Crippen molar-refractivity contribution in [3.8, 4) is 5.75 Å². The van der Waals surface area contributed by atoms with Crippen LogP contribution in [0.1, 0.15) is 21.5 Å². The maximum atomic E-state index is 11.7. The van der Waals surface area contributed by atoms with Gasteiger partial charge in [0.25, 0.3) is 0 Å². The number of carbonyl (C=O) groups is 1. The summed E-state index contributed by atoms with van der Waals surface area (Å²) in [5.41, 5.74) is 2.77. The predicted molar refractivity (Wildman–Crippen MR) is 90.1 cm³/mol. The molecule has 0 amide bonds. The number of rotatable bonds is 6. The van der Waals surface area contributed by atoms with Crippen molar-refractivity contribution in [2.45, 2.75) is 13.5 Å². The Balaban J connectivity index is 2.01. The van der Waals surface area contributed by atoms with Crippen molar-refractivity contribution in [3.63, 3.8) is 0 Å². The summed E-state index contributed by atoms with van der Waals surface area (Å²) in [6, 6.07) is 13.3. The number of ether oxygens (including phenoxy) is 2. The lowest BCUT2D eigenvalue weighted by Gasteiger charge is -2.10. The summed E-state index contributed by atoms with van der Waals surface area (Å²) in [6.45, 7) is 6.22. The topological polar surface area (TPSA) is 35.5 Å². The van der Waals surface area contributed by atoms with Crippen molar-refractivity contribution in [1.82, 2.24) is 0 Å². The Bertz CT molecular complexity index is 663. The number of benzene rings is 2. The smallest absolute Gasteiger partial charge is 0.338 e. The van der Waals surface area contributed by atoms with Gasteiger partial charge in [0.15, 0.2) is 0 Å². The number of halogens is 1. The van der Waals surface area contributed by atoms with Gasteiger partial charge in [0.1, 0.15) is 19.0 Å². The second-order valence-electron chi connectivity index (χ2n) is 4.81. The molecule has 0 spiro atoms. The molecule has 0 aliphatic carbocycles. The molecule has 0 atom stereocenters. The zero-order valence-electron chi connectivity index (χ0n) is 12.3. The van der Waals surface area contributed by atoms with Gasteiger partial charge in [-0.25, -0.2) is 4.79 Å². The van der Waals surface area contributed by atoms with Crippen molar-refractivity contribution in [2.75, 3.05) is 6.61 Å². The SMILES string of the molecule is C=CCOC(=O)c1ccc(OCc2ccc(C)cc2)c(Br)c1. The Morgan fingerprint density at radius 2 is 1.95 bits per heavy atom. The third-order valence-corrected chi connectivity index (χ3v) is 3.63. The molecule has 114 valence electrons. The predicted octanol–water partition coefficient (Wildman–Crippen LogP) is 4.68. The van der Waals surface area contributed by atoms with E-state index >= 15 is 0 Å². The monoisotopic (exact) mass is 360 g/mol. The second-order valence-corrected chi connectivity index (χ2v) is 5.66. The molecule has 3 nitrogen and oxygen atoms in total. The summed E-state index contributed by atoms with van der Waals surface area (Å²) in [6.07, 6.45) is 1.53. The van der Waals surface area contributed by atoms with Crippen LogP contribution in [0.15, 0.2) is 59.6 Å². The molecule has 0 saturated heterocycles. The fourth-order valence-corrected chi connectivity index (χ4v) is 2.30. The molecular weight excluding hydrogens is 344 g/mol. The van der Waals surface area contributed by atoms with E-state index in [4.69, 9.17) is 9.47 Å². The fraction of sp³-hybridized carbons (Fsp3) is 0.167. The molecule has 0 unspecified atom stereocenters. The van der Waals surface area contributed by atoms with Gasteiger partial charge in [-0.3, -0.25) is 0 Å². The van der Waals surface area contributed by atoms with Crippen LogP contribution in [0.4, 0.5) is 0 Å². The molecule has 0 heterocycles. The molecule has 0 fully saturated rings. The summed E-state index contributed by atoms with van der Waals surface area (Å²) >= 11 is 3.42. The number of esters is 1. The molecule has 0 saturated carbocycles. The lowest BCUT2D eigenvalue weighted by Crippen LogP contribution is -2.05. The summed E-state index contributed by atoms with van der Waals surface area (Å²) in [7, 11) is 0. The molecular formula is C18H17BrO3. The first kappa shape index (κ1) is 16.3. The molecule has 2 aromatic rings. The van der Waals surface area contributed by atoms with E-state index < -0.39 is 0 Å². The van der Waals surface area contributed by atoms with E-state index in [0.717, 1.165) is 5.56 Å². The van der Waals surface area contributed by atoms with E-state index in [-0.39, 0.29) is 12.6 Å². The normalized spacial score (nSPS) is 10.1. The van der Waals surface area contributed by atoms with Crippen LogP contribution in [0.25, 0.3) is 0 Å². The number of hydrogen-bond donors (Lipinski definition) is 0. The van der Waals surface area contributed by atoms with Crippen LogP contribution in [0.5, 0.6) is 5.75 Å². The molecule has 22 heavy (non-hydrogen) atoms.